The van der Waals surface area contributed by atoms with Gasteiger partial charge < -0.3 is 14.6 Å². The predicted octanol–water partition coefficient (Wildman–Crippen LogP) is 4.40. The number of phenolic OH excluding ortho intramolecular Hbond substituents is 1. The lowest BCUT2D eigenvalue weighted by atomic mass is 10.1. The maximum Gasteiger partial charge on any atom is 0.271 e. The summed E-state index contributed by atoms with van der Waals surface area (Å²) < 4.78 is 10.7. The molecule has 3 rings (SSSR count). The molecule has 0 aromatic heterocycles. The Balaban J connectivity index is 1.57. The Kier molecular flexibility index (Phi) is 6.71. The zero-order valence-electron chi connectivity index (χ0n) is 15.6. The van der Waals surface area contributed by atoms with Gasteiger partial charge in [0, 0.05) is 5.56 Å². The van der Waals surface area contributed by atoms with Gasteiger partial charge in [0.2, 0.25) is 0 Å². The van der Waals surface area contributed by atoms with Crippen LogP contribution < -0.4 is 14.9 Å². The van der Waals surface area contributed by atoms with E-state index in [0.717, 1.165) is 11.3 Å². The number of benzene rings is 3. The summed E-state index contributed by atoms with van der Waals surface area (Å²) in [5.41, 5.74) is 4.43. The van der Waals surface area contributed by atoms with E-state index in [4.69, 9.17) is 21.1 Å². The van der Waals surface area contributed by atoms with Crippen molar-refractivity contribution >= 4 is 23.7 Å². The van der Waals surface area contributed by atoms with E-state index in [1.54, 1.807) is 18.2 Å². The SMILES string of the molecule is COc1cc(/C=N/NC(=O)c2ccc(COc3ccccc3)cc2)cc(Cl)c1O. The molecule has 29 heavy (non-hydrogen) atoms. The maximum atomic E-state index is 12.2. The third-order valence-corrected chi connectivity index (χ3v) is 4.30. The molecule has 0 radical (unpaired) electrons. The highest BCUT2D eigenvalue weighted by molar-refractivity contribution is 6.32. The first-order valence-electron chi connectivity index (χ1n) is 8.73. The Morgan fingerprint density at radius 1 is 1.14 bits per heavy atom. The Hall–Kier alpha value is -3.51. The number of methoxy groups -OCH3 is 1. The Labute approximate surface area is 173 Å². The zero-order valence-corrected chi connectivity index (χ0v) is 16.4. The molecule has 2 N–H and O–H groups in total. The largest absolute Gasteiger partial charge is 0.503 e. The highest BCUT2D eigenvalue weighted by Gasteiger charge is 2.08. The van der Waals surface area contributed by atoms with Crippen molar-refractivity contribution in [1.82, 2.24) is 5.43 Å². The monoisotopic (exact) mass is 410 g/mol. The van der Waals surface area contributed by atoms with Gasteiger partial charge in [0.05, 0.1) is 18.3 Å². The minimum absolute atomic E-state index is 0.130. The normalized spacial score (nSPS) is 10.7. The first-order chi connectivity index (χ1) is 14.1. The van der Waals surface area contributed by atoms with Crippen LogP contribution in [0.4, 0.5) is 0 Å². The Morgan fingerprint density at radius 3 is 2.55 bits per heavy atom. The van der Waals surface area contributed by atoms with Crippen LogP contribution in [0.15, 0.2) is 71.8 Å². The van der Waals surface area contributed by atoms with Gasteiger partial charge in [-0.15, -0.1) is 0 Å². The minimum Gasteiger partial charge on any atom is -0.503 e. The topological polar surface area (TPSA) is 80.2 Å². The van der Waals surface area contributed by atoms with Gasteiger partial charge in [0.25, 0.3) is 5.91 Å². The van der Waals surface area contributed by atoms with Crippen LogP contribution in [0.5, 0.6) is 17.2 Å². The number of rotatable bonds is 7. The second kappa shape index (κ2) is 9.61. The van der Waals surface area contributed by atoms with Crippen LogP contribution in [0.1, 0.15) is 21.5 Å². The second-order valence-electron chi connectivity index (χ2n) is 6.05. The number of halogens is 1. The van der Waals surface area contributed by atoms with Gasteiger partial charge in [-0.3, -0.25) is 4.79 Å². The summed E-state index contributed by atoms with van der Waals surface area (Å²) in [5, 5.41) is 13.8. The number of phenols is 1. The number of carbonyl (C=O) groups is 1. The summed E-state index contributed by atoms with van der Waals surface area (Å²) in [7, 11) is 1.42. The molecule has 0 saturated carbocycles. The van der Waals surface area contributed by atoms with Gasteiger partial charge >= 0.3 is 0 Å². The van der Waals surface area contributed by atoms with Gasteiger partial charge in [0.1, 0.15) is 12.4 Å². The molecule has 148 valence electrons. The van der Waals surface area contributed by atoms with Gasteiger partial charge in [-0.1, -0.05) is 41.9 Å². The molecule has 0 bridgehead atoms. The first-order valence-corrected chi connectivity index (χ1v) is 9.11. The van der Waals surface area contributed by atoms with Crippen molar-refractivity contribution < 1.29 is 19.4 Å². The van der Waals surface area contributed by atoms with E-state index in [1.165, 1.54) is 19.4 Å². The third kappa shape index (κ3) is 5.49. The summed E-state index contributed by atoms with van der Waals surface area (Å²) in [4.78, 5) is 12.2. The van der Waals surface area contributed by atoms with E-state index in [2.05, 4.69) is 10.5 Å². The molecule has 0 saturated heterocycles. The average Bonchev–Trinajstić information content (AvgIpc) is 2.75. The second-order valence-corrected chi connectivity index (χ2v) is 6.46. The molecule has 0 atom stereocenters. The fourth-order valence-corrected chi connectivity index (χ4v) is 2.71. The van der Waals surface area contributed by atoms with E-state index in [9.17, 15) is 9.90 Å². The van der Waals surface area contributed by atoms with E-state index < -0.39 is 0 Å². The number of ether oxygens (including phenoxy) is 2. The van der Waals surface area contributed by atoms with Gasteiger partial charge in [-0.2, -0.15) is 5.10 Å². The molecule has 0 aliphatic carbocycles. The number of hydrogen-bond acceptors (Lipinski definition) is 5. The fraction of sp³-hybridized carbons (Fsp3) is 0.0909. The van der Waals surface area contributed by atoms with Crippen molar-refractivity contribution in [2.24, 2.45) is 5.10 Å². The molecule has 0 unspecified atom stereocenters. The molecule has 0 spiro atoms. The van der Waals surface area contributed by atoms with Crippen LogP contribution in [0, 0.1) is 0 Å². The van der Waals surface area contributed by atoms with E-state index in [1.807, 2.05) is 42.5 Å². The molecular formula is C22H19ClN2O4. The number of aromatic hydroxyl groups is 1. The van der Waals surface area contributed by atoms with Crippen molar-refractivity contribution in [3.05, 3.63) is 88.4 Å². The van der Waals surface area contributed by atoms with Crippen LogP contribution in [0.3, 0.4) is 0 Å². The Morgan fingerprint density at radius 2 is 1.86 bits per heavy atom. The molecule has 3 aromatic rings. The summed E-state index contributed by atoms with van der Waals surface area (Å²) in [6, 6.07) is 19.6. The van der Waals surface area contributed by atoms with Crippen molar-refractivity contribution in [2.45, 2.75) is 6.61 Å². The molecule has 0 aliphatic rings. The van der Waals surface area contributed by atoms with Crippen molar-refractivity contribution in [2.75, 3.05) is 7.11 Å². The molecule has 1 amide bonds. The number of nitrogens with one attached hydrogen (secondary N) is 1. The van der Waals surface area contributed by atoms with Crippen LogP contribution in [-0.4, -0.2) is 24.3 Å². The molecule has 7 heteroatoms. The molecule has 3 aromatic carbocycles. The van der Waals surface area contributed by atoms with Crippen molar-refractivity contribution in [1.29, 1.82) is 0 Å². The van der Waals surface area contributed by atoms with Crippen molar-refractivity contribution in [3.8, 4) is 17.2 Å². The predicted molar refractivity (Wildman–Crippen MR) is 112 cm³/mol. The van der Waals surface area contributed by atoms with Crippen LogP contribution in [0.2, 0.25) is 5.02 Å². The molecule has 0 aliphatic heterocycles. The Bertz CT molecular complexity index is 1010. The lowest BCUT2D eigenvalue weighted by Crippen LogP contribution is -2.17. The van der Waals surface area contributed by atoms with E-state index in [-0.39, 0.29) is 22.4 Å². The molecule has 0 fully saturated rings. The lowest BCUT2D eigenvalue weighted by Gasteiger charge is -2.07. The fourth-order valence-electron chi connectivity index (χ4n) is 2.49. The average molecular weight is 411 g/mol. The first kappa shape index (κ1) is 20.2. The summed E-state index contributed by atoms with van der Waals surface area (Å²) in [5.74, 6) is 0.508. The highest BCUT2D eigenvalue weighted by atomic mass is 35.5. The number of amides is 1. The minimum atomic E-state index is -0.353. The van der Waals surface area contributed by atoms with Gasteiger partial charge in [-0.05, 0) is 47.5 Å². The molecule has 0 heterocycles. The van der Waals surface area contributed by atoms with Gasteiger partial charge in [-0.25, -0.2) is 5.43 Å². The number of hydrogen-bond donors (Lipinski definition) is 2. The lowest BCUT2D eigenvalue weighted by molar-refractivity contribution is 0.0955. The molecular weight excluding hydrogens is 392 g/mol. The number of para-hydroxylation sites is 1. The molecule has 6 nitrogen and oxygen atoms in total. The summed E-state index contributed by atoms with van der Waals surface area (Å²) >= 11 is 5.93. The number of hydrazone groups is 1. The maximum absolute atomic E-state index is 12.2. The number of nitrogens with zero attached hydrogens (tertiary/aromatic N) is 1. The smallest absolute Gasteiger partial charge is 0.271 e. The van der Waals surface area contributed by atoms with Gasteiger partial charge in [0.15, 0.2) is 11.5 Å². The highest BCUT2D eigenvalue weighted by Crippen LogP contribution is 2.34. The quantitative estimate of drug-likeness (QED) is 0.447. The van der Waals surface area contributed by atoms with Crippen LogP contribution >= 0.6 is 11.6 Å². The summed E-state index contributed by atoms with van der Waals surface area (Å²) in [6.45, 7) is 0.410. The standard InChI is InChI=1S/C22H19ClN2O4/c1-28-20-12-16(11-19(23)21(20)26)13-24-25-22(27)17-9-7-15(8-10-17)14-29-18-5-3-2-4-6-18/h2-13,26H,14H2,1H3,(H,25,27)/b24-13+. The van der Waals surface area contributed by atoms with E-state index >= 15 is 0 Å². The zero-order chi connectivity index (χ0) is 20.6. The van der Waals surface area contributed by atoms with Crippen LogP contribution in [-0.2, 0) is 6.61 Å². The van der Waals surface area contributed by atoms with Crippen LogP contribution in [0.25, 0.3) is 0 Å². The third-order valence-electron chi connectivity index (χ3n) is 4.02. The van der Waals surface area contributed by atoms with E-state index in [0.29, 0.717) is 17.7 Å². The van der Waals surface area contributed by atoms with Crippen molar-refractivity contribution in [3.63, 3.8) is 0 Å². The number of carbonyl (C=O) groups excluding carboxylic acids is 1. The summed E-state index contributed by atoms with van der Waals surface area (Å²) in [6.07, 6.45) is 1.41.